The number of hydrogen-bond donors (Lipinski definition) is 0. The van der Waals surface area contributed by atoms with Gasteiger partial charge in [0.05, 0.1) is 0 Å². The lowest BCUT2D eigenvalue weighted by Crippen LogP contribution is -2.35. The number of rotatable bonds is 6. The van der Waals surface area contributed by atoms with Crippen LogP contribution in [0.3, 0.4) is 0 Å². The molecule has 2 unspecified atom stereocenters. The third-order valence-corrected chi connectivity index (χ3v) is 3.98. The zero-order chi connectivity index (χ0) is 11.3. The van der Waals surface area contributed by atoms with Gasteiger partial charge in [-0.2, -0.15) is 0 Å². The van der Waals surface area contributed by atoms with Gasteiger partial charge in [-0.1, -0.05) is 33.6 Å². The zero-order valence-corrected chi connectivity index (χ0v) is 11.1. The number of hydrogen-bond acceptors (Lipinski definition) is 1. The predicted molar refractivity (Wildman–Crippen MR) is 68.1 cm³/mol. The van der Waals surface area contributed by atoms with Gasteiger partial charge in [0.2, 0.25) is 0 Å². The van der Waals surface area contributed by atoms with Crippen molar-refractivity contribution in [3.63, 3.8) is 0 Å². The quantitative estimate of drug-likeness (QED) is 0.643. The monoisotopic (exact) mass is 211 g/mol. The summed E-state index contributed by atoms with van der Waals surface area (Å²) >= 11 is 0. The lowest BCUT2D eigenvalue weighted by Gasteiger charge is -2.29. The molecule has 15 heavy (non-hydrogen) atoms. The average molecular weight is 211 g/mol. The predicted octanol–water partition coefficient (Wildman–Crippen LogP) is 3.93. The van der Waals surface area contributed by atoms with Crippen molar-refractivity contribution in [1.82, 2.24) is 4.90 Å². The topological polar surface area (TPSA) is 3.24 Å². The summed E-state index contributed by atoms with van der Waals surface area (Å²) in [5.74, 6) is 1.75. The van der Waals surface area contributed by atoms with E-state index in [2.05, 4.69) is 32.6 Å². The molecule has 0 saturated carbocycles. The first kappa shape index (κ1) is 13.0. The summed E-state index contributed by atoms with van der Waals surface area (Å²) in [7, 11) is 0. The van der Waals surface area contributed by atoms with Crippen molar-refractivity contribution in [2.45, 2.75) is 65.8 Å². The minimum Gasteiger partial charge on any atom is -0.300 e. The van der Waals surface area contributed by atoms with E-state index in [4.69, 9.17) is 0 Å². The zero-order valence-electron chi connectivity index (χ0n) is 11.1. The smallest absolute Gasteiger partial charge is 0.00925 e. The Labute approximate surface area is 96.2 Å². The van der Waals surface area contributed by atoms with E-state index in [1.165, 1.54) is 45.2 Å². The van der Waals surface area contributed by atoms with Crippen LogP contribution in [0.2, 0.25) is 0 Å². The highest BCUT2D eigenvalue weighted by Crippen LogP contribution is 2.22. The van der Waals surface area contributed by atoms with Crippen LogP contribution in [0.15, 0.2) is 0 Å². The fourth-order valence-corrected chi connectivity index (χ4v) is 2.60. The van der Waals surface area contributed by atoms with Crippen molar-refractivity contribution < 1.29 is 0 Å². The second kappa shape index (κ2) is 6.52. The molecule has 90 valence electrons. The molecule has 1 heterocycles. The Kier molecular flexibility index (Phi) is 5.66. The Morgan fingerprint density at radius 2 is 1.53 bits per heavy atom. The highest BCUT2D eigenvalue weighted by Gasteiger charge is 2.22. The summed E-state index contributed by atoms with van der Waals surface area (Å²) in [5.41, 5.74) is 0. The molecule has 0 amide bonds. The minimum absolute atomic E-state index is 0.805. The molecule has 0 bridgehead atoms. The molecule has 0 radical (unpaired) electrons. The molecule has 0 spiro atoms. The van der Waals surface area contributed by atoms with Crippen LogP contribution in [0, 0.1) is 11.8 Å². The molecule has 1 heteroatoms. The van der Waals surface area contributed by atoms with Crippen LogP contribution in [-0.2, 0) is 0 Å². The first-order chi connectivity index (χ1) is 7.11. The maximum atomic E-state index is 2.68. The van der Waals surface area contributed by atoms with Crippen molar-refractivity contribution >= 4 is 0 Å². The van der Waals surface area contributed by atoms with Crippen LogP contribution in [-0.4, -0.2) is 24.0 Å². The molecular weight excluding hydrogens is 182 g/mol. The van der Waals surface area contributed by atoms with Crippen LogP contribution in [0.4, 0.5) is 0 Å². The Bertz CT molecular complexity index is 159. The second-order valence-corrected chi connectivity index (χ2v) is 5.79. The summed E-state index contributed by atoms with van der Waals surface area (Å²) in [5, 5.41) is 0. The van der Waals surface area contributed by atoms with E-state index in [9.17, 15) is 0 Å². The van der Waals surface area contributed by atoms with Gasteiger partial charge in [-0.3, -0.25) is 0 Å². The van der Waals surface area contributed by atoms with Crippen LogP contribution in [0.25, 0.3) is 0 Å². The largest absolute Gasteiger partial charge is 0.300 e. The van der Waals surface area contributed by atoms with Crippen LogP contribution < -0.4 is 0 Å². The second-order valence-electron chi connectivity index (χ2n) is 5.79. The van der Waals surface area contributed by atoms with Gasteiger partial charge in [0.25, 0.3) is 0 Å². The first-order valence-corrected chi connectivity index (χ1v) is 6.85. The van der Waals surface area contributed by atoms with E-state index in [0.29, 0.717) is 0 Å². The maximum Gasteiger partial charge on any atom is 0.00925 e. The van der Waals surface area contributed by atoms with Crippen LogP contribution in [0.1, 0.15) is 59.8 Å². The molecule has 0 aromatic rings. The molecule has 1 rings (SSSR count). The van der Waals surface area contributed by atoms with Crippen LogP contribution >= 0.6 is 0 Å². The van der Waals surface area contributed by atoms with Gasteiger partial charge in [-0.05, 0) is 51.1 Å². The normalized spacial score (nSPS) is 22.2. The molecular formula is C14H29N. The van der Waals surface area contributed by atoms with Gasteiger partial charge in [0.15, 0.2) is 0 Å². The minimum atomic E-state index is 0.805. The number of nitrogens with zero attached hydrogens (tertiary/aromatic N) is 1. The van der Waals surface area contributed by atoms with E-state index in [-0.39, 0.29) is 0 Å². The fraction of sp³-hybridized carbons (Fsp3) is 1.00. The Balaban J connectivity index is 2.17. The first-order valence-electron chi connectivity index (χ1n) is 6.85. The molecule has 1 aliphatic rings. The van der Waals surface area contributed by atoms with E-state index in [1.807, 2.05) is 0 Å². The SMILES string of the molecule is CC(C)CCCC(C)C(C)N1CCCC1. The third kappa shape index (κ3) is 4.55. The lowest BCUT2D eigenvalue weighted by atomic mass is 9.94. The molecule has 1 aliphatic heterocycles. The molecule has 0 N–H and O–H groups in total. The Morgan fingerprint density at radius 1 is 0.933 bits per heavy atom. The van der Waals surface area contributed by atoms with E-state index >= 15 is 0 Å². The van der Waals surface area contributed by atoms with E-state index in [0.717, 1.165) is 17.9 Å². The Hall–Kier alpha value is -0.0400. The molecule has 2 atom stereocenters. The van der Waals surface area contributed by atoms with Gasteiger partial charge in [-0.25, -0.2) is 0 Å². The van der Waals surface area contributed by atoms with Crippen molar-refractivity contribution in [3.05, 3.63) is 0 Å². The van der Waals surface area contributed by atoms with E-state index < -0.39 is 0 Å². The maximum absolute atomic E-state index is 2.68. The van der Waals surface area contributed by atoms with Gasteiger partial charge in [0.1, 0.15) is 0 Å². The highest BCUT2D eigenvalue weighted by molar-refractivity contribution is 4.76. The standard InChI is InChI=1S/C14H29N/c1-12(2)8-7-9-13(3)14(4)15-10-5-6-11-15/h12-14H,5-11H2,1-4H3. The molecule has 0 aromatic carbocycles. The summed E-state index contributed by atoms with van der Waals surface area (Å²) in [6.45, 7) is 12.2. The van der Waals surface area contributed by atoms with Crippen molar-refractivity contribution in [3.8, 4) is 0 Å². The van der Waals surface area contributed by atoms with Gasteiger partial charge in [0, 0.05) is 6.04 Å². The molecule has 1 nitrogen and oxygen atoms in total. The van der Waals surface area contributed by atoms with Crippen molar-refractivity contribution in [1.29, 1.82) is 0 Å². The number of likely N-dealkylation sites (tertiary alicyclic amines) is 1. The summed E-state index contributed by atoms with van der Waals surface area (Å²) in [4.78, 5) is 2.68. The molecule has 1 saturated heterocycles. The summed E-state index contributed by atoms with van der Waals surface area (Å²) in [6, 6.07) is 0.805. The van der Waals surface area contributed by atoms with Gasteiger partial charge in [-0.15, -0.1) is 0 Å². The molecule has 0 aliphatic carbocycles. The van der Waals surface area contributed by atoms with Gasteiger partial charge < -0.3 is 4.90 Å². The van der Waals surface area contributed by atoms with Gasteiger partial charge >= 0.3 is 0 Å². The summed E-state index contributed by atoms with van der Waals surface area (Å²) in [6.07, 6.45) is 7.07. The molecule has 0 aromatic heterocycles. The fourth-order valence-electron chi connectivity index (χ4n) is 2.60. The van der Waals surface area contributed by atoms with Crippen LogP contribution in [0.5, 0.6) is 0 Å². The Morgan fingerprint density at radius 3 is 2.07 bits per heavy atom. The van der Waals surface area contributed by atoms with E-state index in [1.54, 1.807) is 0 Å². The average Bonchev–Trinajstić information content (AvgIpc) is 2.68. The van der Waals surface area contributed by atoms with Crippen molar-refractivity contribution in [2.24, 2.45) is 11.8 Å². The highest BCUT2D eigenvalue weighted by atomic mass is 15.2. The molecule has 1 fully saturated rings. The van der Waals surface area contributed by atoms with Crippen molar-refractivity contribution in [2.75, 3.05) is 13.1 Å². The lowest BCUT2D eigenvalue weighted by molar-refractivity contribution is 0.188. The third-order valence-electron chi connectivity index (χ3n) is 3.98. The summed E-state index contributed by atoms with van der Waals surface area (Å²) < 4.78 is 0.